The van der Waals surface area contributed by atoms with Crippen molar-refractivity contribution in [3.63, 3.8) is 0 Å². The second kappa shape index (κ2) is 5.54. The van der Waals surface area contributed by atoms with Gasteiger partial charge in [-0.05, 0) is 23.6 Å². The summed E-state index contributed by atoms with van der Waals surface area (Å²) in [5, 5.41) is 4.42. The Kier molecular flexibility index (Phi) is 4.05. The van der Waals surface area contributed by atoms with E-state index in [-0.39, 0.29) is 5.82 Å². The van der Waals surface area contributed by atoms with Gasteiger partial charge in [-0.3, -0.25) is 4.99 Å². The molecule has 0 saturated carbocycles. The van der Waals surface area contributed by atoms with Crippen LogP contribution in [0.15, 0.2) is 29.3 Å². The largest absolute Gasteiger partial charge is 0.361 e. The van der Waals surface area contributed by atoms with Crippen LogP contribution < -0.4 is 5.32 Å². The summed E-state index contributed by atoms with van der Waals surface area (Å²) in [6, 6.07) is 7.02. The van der Waals surface area contributed by atoms with Crippen molar-refractivity contribution in [1.29, 1.82) is 0 Å². The smallest absolute Gasteiger partial charge is 0.157 e. The number of benzene rings is 1. The van der Waals surface area contributed by atoms with Gasteiger partial charge in [-0.15, -0.1) is 0 Å². The highest BCUT2D eigenvalue weighted by Crippen LogP contribution is 2.19. The molecule has 0 radical (unpaired) electrons. The number of nitrogens with one attached hydrogen (secondary N) is 1. The average Bonchev–Trinajstić information content (AvgIpc) is 2.77. The Morgan fingerprint density at radius 2 is 2.12 bits per heavy atom. The fourth-order valence-corrected chi connectivity index (χ4v) is 2.81. The third-order valence-corrected chi connectivity index (χ3v) is 3.88. The molecule has 2 rings (SSSR count). The van der Waals surface area contributed by atoms with E-state index in [9.17, 15) is 4.39 Å². The van der Waals surface area contributed by atoms with E-state index in [4.69, 9.17) is 0 Å². The van der Waals surface area contributed by atoms with Crippen LogP contribution in [-0.2, 0) is 6.54 Å². The van der Waals surface area contributed by atoms with Gasteiger partial charge in [0, 0.05) is 11.8 Å². The van der Waals surface area contributed by atoms with Crippen LogP contribution in [0.5, 0.6) is 0 Å². The number of nitrogens with zero attached hydrogens (tertiary/aromatic N) is 1. The van der Waals surface area contributed by atoms with E-state index < -0.39 is 0 Å². The lowest BCUT2D eigenvalue weighted by molar-refractivity contribution is 0.503. The maximum atomic E-state index is 12.7. The standard InChI is InChI=1S/C13H17FN2S/c1-9(2)12-8-17-13(16-12)15-7-10-3-5-11(14)6-4-10/h3-6,9,12H,7-8H2,1-2H3,(H,15,16)/t12-/m1/s1. The average molecular weight is 252 g/mol. The Balaban J connectivity index is 1.91. The normalized spacial score (nSPS) is 22.1. The summed E-state index contributed by atoms with van der Waals surface area (Å²) in [5.74, 6) is 1.51. The van der Waals surface area contributed by atoms with Crippen molar-refractivity contribution >= 4 is 16.9 Å². The van der Waals surface area contributed by atoms with E-state index in [0.29, 0.717) is 18.5 Å². The van der Waals surface area contributed by atoms with Crippen LogP contribution >= 0.6 is 11.8 Å². The predicted molar refractivity (Wildman–Crippen MR) is 71.8 cm³/mol. The Hall–Kier alpha value is -1.03. The van der Waals surface area contributed by atoms with Gasteiger partial charge < -0.3 is 5.32 Å². The molecule has 1 aromatic carbocycles. The zero-order chi connectivity index (χ0) is 12.3. The number of hydrogen-bond donors (Lipinski definition) is 1. The Bertz CT molecular complexity index is 400. The number of halogens is 1. The van der Waals surface area contributed by atoms with Gasteiger partial charge >= 0.3 is 0 Å². The van der Waals surface area contributed by atoms with Crippen LogP contribution in [-0.4, -0.2) is 17.0 Å². The summed E-state index contributed by atoms with van der Waals surface area (Å²) in [4.78, 5) is 4.50. The van der Waals surface area contributed by atoms with Gasteiger partial charge in [-0.2, -0.15) is 0 Å². The van der Waals surface area contributed by atoms with Gasteiger partial charge in [-0.1, -0.05) is 37.7 Å². The van der Waals surface area contributed by atoms with E-state index in [1.54, 1.807) is 23.9 Å². The van der Waals surface area contributed by atoms with Crippen molar-refractivity contribution in [1.82, 2.24) is 5.32 Å². The van der Waals surface area contributed by atoms with E-state index in [1.165, 1.54) is 12.1 Å². The number of thioether (sulfide) groups is 1. The Morgan fingerprint density at radius 1 is 1.41 bits per heavy atom. The minimum Gasteiger partial charge on any atom is -0.361 e. The van der Waals surface area contributed by atoms with Crippen LogP contribution in [0.25, 0.3) is 0 Å². The third-order valence-electron chi connectivity index (χ3n) is 2.83. The molecule has 0 unspecified atom stereocenters. The zero-order valence-corrected chi connectivity index (χ0v) is 10.9. The highest BCUT2D eigenvalue weighted by molar-refractivity contribution is 8.14. The molecule has 0 bridgehead atoms. The number of rotatable bonds is 3. The third kappa shape index (κ3) is 3.46. The molecule has 0 spiro atoms. The monoisotopic (exact) mass is 252 g/mol. The van der Waals surface area contributed by atoms with Crippen molar-refractivity contribution in [3.05, 3.63) is 35.6 Å². The lowest BCUT2D eigenvalue weighted by Gasteiger charge is -2.13. The molecule has 2 nitrogen and oxygen atoms in total. The first-order valence-electron chi connectivity index (χ1n) is 5.83. The number of amidine groups is 1. The minimum absolute atomic E-state index is 0.199. The summed E-state index contributed by atoms with van der Waals surface area (Å²) in [6.45, 7) is 5.03. The van der Waals surface area contributed by atoms with E-state index in [2.05, 4.69) is 24.2 Å². The fraction of sp³-hybridized carbons (Fsp3) is 0.462. The Morgan fingerprint density at radius 3 is 2.71 bits per heavy atom. The van der Waals surface area contributed by atoms with Gasteiger partial charge in [0.1, 0.15) is 5.82 Å². The summed E-state index contributed by atoms with van der Waals surface area (Å²) in [6.07, 6.45) is 0. The molecule has 0 aromatic heterocycles. The molecule has 1 saturated heterocycles. The molecule has 0 aliphatic carbocycles. The molecule has 92 valence electrons. The summed E-state index contributed by atoms with van der Waals surface area (Å²) in [5.41, 5.74) is 1.04. The molecule has 17 heavy (non-hydrogen) atoms. The lowest BCUT2D eigenvalue weighted by atomic mass is 10.1. The Labute approximate surface area is 106 Å². The number of aliphatic imine (C=N–C) groups is 1. The van der Waals surface area contributed by atoms with Crippen LogP contribution in [0.1, 0.15) is 19.4 Å². The number of hydrogen-bond acceptors (Lipinski definition) is 2. The zero-order valence-electron chi connectivity index (χ0n) is 10.1. The highest BCUT2D eigenvalue weighted by Gasteiger charge is 2.22. The highest BCUT2D eigenvalue weighted by atomic mass is 32.2. The molecular formula is C13H17FN2S. The summed E-state index contributed by atoms with van der Waals surface area (Å²) in [7, 11) is 0. The molecule has 1 N–H and O–H groups in total. The fourth-order valence-electron chi connectivity index (χ4n) is 1.61. The molecular weight excluding hydrogens is 235 g/mol. The summed E-state index contributed by atoms with van der Waals surface area (Å²) < 4.78 is 12.7. The molecule has 1 atom stereocenters. The minimum atomic E-state index is -0.199. The van der Waals surface area contributed by atoms with Crippen molar-refractivity contribution < 1.29 is 4.39 Å². The molecule has 1 aliphatic rings. The van der Waals surface area contributed by atoms with E-state index in [1.807, 2.05) is 0 Å². The van der Waals surface area contributed by atoms with Crippen molar-refractivity contribution in [2.45, 2.75) is 26.4 Å². The molecule has 0 amide bonds. The van der Waals surface area contributed by atoms with Gasteiger partial charge in [0.05, 0.1) is 6.54 Å². The quantitative estimate of drug-likeness (QED) is 0.894. The van der Waals surface area contributed by atoms with E-state index in [0.717, 1.165) is 16.5 Å². The predicted octanol–water partition coefficient (Wildman–Crippen LogP) is 3.04. The molecule has 4 heteroatoms. The van der Waals surface area contributed by atoms with Gasteiger partial charge in [-0.25, -0.2) is 4.39 Å². The SMILES string of the molecule is CC(C)[C@H]1CSC(=NCc2ccc(F)cc2)N1. The second-order valence-corrected chi connectivity index (χ2v) is 5.56. The van der Waals surface area contributed by atoms with Crippen molar-refractivity contribution in [2.24, 2.45) is 10.9 Å². The topological polar surface area (TPSA) is 24.4 Å². The maximum absolute atomic E-state index is 12.7. The van der Waals surface area contributed by atoms with Crippen LogP contribution in [0.3, 0.4) is 0 Å². The molecule has 1 aliphatic heterocycles. The van der Waals surface area contributed by atoms with E-state index >= 15 is 0 Å². The van der Waals surface area contributed by atoms with Crippen LogP contribution in [0, 0.1) is 11.7 Å². The molecule has 1 fully saturated rings. The second-order valence-electron chi connectivity index (χ2n) is 4.55. The molecule has 1 aromatic rings. The summed E-state index contributed by atoms with van der Waals surface area (Å²) >= 11 is 1.77. The first-order valence-corrected chi connectivity index (χ1v) is 6.82. The first-order chi connectivity index (χ1) is 8.15. The van der Waals surface area contributed by atoms with Crippen LogP contribution in [0.4, 0.5) is 4.39 Å². The first kappa shape index (κ1) is 12.4. The lowest BCUT2D eigenvalue weighted by Crippen LogP contribution is -2.31. The maximum Gasteiger partial charge on any atom is 0.157 e. The van der Waals surface area contributed by atoms with Gasteiger partial charge in [0.15, 0.2) is 5.17 Å². The molecule has 1 heterocycles. The van der Waals surface area contributed by atoms with Crippen molar-refractivity contribution in [2.75, 3.05) is 5.75 Å². The van der Waals surface area contributed by atoms with Crippen molar-refractivity contribution in [3.8, 4) is 0 Å². The van der Waals surface area contributed by atoms with Gasteiger partial charge in [0.25, 0.3) is 0 Å². The van der Waals surface area contributed by atoms with Gasteiger partial charge in [0.2, 0.25) is 0 Å². The van der Waals surface area contributed by atoms with Crippen LogP contribution in [0.2, 0.25) is 0 Å².